The second kappa shape index (κ2) is 2.95. The summed E-state index contributed by atoms with van der Waals surface area (Å²) in [4.78, 5) is 14.8. The van der Waals surface area contributed by atoms with E-state index in [-0.39, 0.29) is 0 Å². The Morgan fingerprint density at radius 1 is 1.69 bits per heavy atom. The van der Waals surface area contributed by atoms with Crippen molar-refractivity contribution in [1.82, 2.24) is 9.36 Å². The number of aliphatic carboxylic acids is 1. The SMILES string of the molecule is O=C(O)C1(Nc2ncns2)CCC1. The Hall–Kier alpha value is -1.17. The molecule has 1 aromatic rings. The molecule has 1 aromatic heterocycles. The fraction of sp³-hybridized carbons (Fsp3) is 0.571. The third-order valence-corrected chi connectivity index (χ3v) is 2.90. The number of nitrogens with one attached hydrogen (secondary N) is 1. The van der Waals surface area contributed by atoms with Gasteiger partial charge in [0.1, 0.15) is 11.9 Å². The van der Waals surface area contributed by atoms with Crippen LogP contribution >= 0.6 is 11.5 Å². The zero-order valence-corrected chi connectivity index (χ0v) is 7.67. The highest BCUT2D eigenvalue weighted by Crippen LogP contribution is 2.35. The Bertz CT molecular complexity index is 308. The largest absolute Gasteiger partial charge is 0.480 e. The summed E-state index contributed by atoms with van der Waals surface area (Å²) in [5.41, 5.74) is -0.778. The molecule has 6 heteroatoms. The van der Waals surface area contributed by atoms with Crippen LogP contribution in [0, 0.1) is 0 Å². The number of hydrogen-bond donors (Lipinski definition) is 2. The minimum absolute atomic E-state index is 0.585. The number of carbonyl (C=O) groups is 1. The van der Waals surface area contributed by atoms with Gasteiger partial charge in [-0.15, -0.1) is 0 Å². The van der Waals surface area contributed by atoms with Crippen molar-refractivity contribution in [2.45, 2.75) is 24.8 Å². The molecule has 0 radical (unpaired) electrons. The molecule has 1 fully saturated rings. The summed E-state index contributed by atoms with van der Waals surface area (Å²) < 4.78 is 3.80. The minimum atomic E-state index is -0.797. The predicted octanol–water partition coefficient (Wildman–Crippen LogP) is 0.957. The standard InChI is InChI=1S/C7H9N3O2S/c11-5(12)7(2-1-3-7)10-6-8-4-9-13-6/h4H,1-3H2,(H,11,12)(H,8,9,10). The molecular formula is C7H9N3O2S. The van der Waals surface area contributed by atoms with Crippen molar-refractivity contribution < 1.29 is 9.90 Å². The van der Waals surface area contributed by atoms with Crippen LogP contribution in [0.5, 0.6) is 0 Å². The maximum Gasteiger partial charge on any atom is 0.329 e. The number of nitrogens with zero attached hydrogens (tertiary/aromatic N) is 2. The first-order valence-corrected chi connectivity index (χ1v) is 4.78. The van der Waals surface area contributed by atoms with Gasteiger partial charge in [0.2, 0.25) is 5.13 Å². The zero-order valence-electron chi connectivity index (χ0n) is 6.86. The fourth-order valence-electron chi connectivity index (χ4n) is 1.36. The smallest absolute Gasteiger partial charge is 0.329 e. The molecule has 0 aromatic carbocycles. The van der Waals surface area contributed by atoms with Crippen LogP contribution in [0.25, 0.3) is 0 Å². The van der Waals surface area contributed by atoms with Crippen LogP contribution < -0.4 is 5.32 Å². The van der Waals surface area contributed by atoms with Crippen molar-refractivity contribution in [3.8, 4) is 0 Å². The maximum atomic E-state index is 10.9. The van der Waals surface area contributed by atoms with E-state index in [1.807, 2.05) is 0 Å². The third-order valence-electron chi connectivity index (χ3n) is 2.32. The summed E-state index contributed by atoms with van der Waals surface area (Å²) >= 11 is 1.18. The molecule has 0 amide bonds. The molecule has 0 saturated heterocycles. The van der Waals surface area contributed by atoms with Crippen molar-refractivity contribution in [2.24, 2.45) is 0 Å². The van der Waals surface area contributed by atoms with E-state index in [0.717, 1.165) is 6.42 Å². The Morgan fingerprint density at radius 2 is 2.46 bits per heavy atom. The van der Waals surface area contributed by atoms with E-state index in [9.17, 15) is 4.79 Å². The first-order valence-electron chi connectivity index (χ1n) is 4.01. The molecule has 1 saturated carbocycles. The van der Waals surface area contributed by atoms with Gasteiger partial charge in [0.25, 0.3) is 0 Å². The number of anilines is 1. The van der Waals surface area contributed by atoms with Crippen molar-refractivity contribution in [3.63, 3.8) is 0 Å². The summed E-state index contributed by atoms with van der Waals surface area (Å²) in [6.45, 7) is 0. The van der Waals surface area contributed by atoms with Gasteiger partial charge in [0.05, 0.1) is 0 Å². The second-order valence-corrected chi connectivity index (χ2v) is 3.89. The van der Waals surface area contributed by atoms with E-state index in [2.05, 4.69) is 14.7 Å². The Labute approximate surface area is 79.0 Å². The van der Waals surface area contributed by atoms with Crippen LogP contribution in [-0.4, -0.2) is 26.0 Å². The van der Waals surface area contributed by atoms with Crippen molar-refractivity contribution in [2.75, 3.05) is 5.32 Å². The van der Waals surface area contributed by atoms with Crippen LogP contribution in [0.1, 0.15) is 19.3 Å². The van der Waals surface area contributed by atoms with Gasteiger partial charge in [0, 0.05) is 11.5 Å². The van der Waals surface area contributed by atoms with Crippen molar-refractivity contribution in [3.05, 3.63) is 6.33 Å². The van der Waals surface area contributed by atoms with Gasteiger partial charge in [-0.3, -0.25) is 0 Å². The highest BCUT2D eigenvalue weighted by molar-refractivity contribution is 7.09. The van der Waals surface area contributed by atoms with Crippen LogP contribution in [0.2, 0.25) is 0 Å². The molecule has 0 aliphatic heterocycles. The van der Waals surface area contributed by atoms with Gasteiger partial charge in [-0.2, -0.15) is 4.37 Å². The predicted molar refractivity (Wildman–Crippen MR) is 47.7 cm³/mol. The summed E-state index contributed by atoms with van der Waals surface area (Å²) in [7, 11) is 0. The molecule has 2 N–H and O–H groups in total. The first kappa shape index (κ1) is 8.43. The third kappa shape index (κ3) is 1.37. The van der Waals surface area contributed by atoms with E-state index < -0.39 is 11.5 Å². The number of aromatic nitrogens is 2. The summed E-state index contributed by atoms with van der Waals surface area (Å²) in [5.74, 6) is -0.797. The molecule has 1 aliphatic rings. The highest BCUT2D eigenvalue weighted by atomic mass is 32.1. The average Bonchev–Trinajstić information content (AvgIpc) is 2.47. The molecule has 0 unspecified atom stereocenters. The van der Waals surface area contributed by atoms with Gasteiger partial charge in [-0.25, -0.2) is 9.78 Å². The summed E-state index contributed by atoms with van der Waals surface area (Å²) in [6.07, 6.45) is 3.71. The highest BCUT2D eigenvalue weighted by Gasteiger charge is 2.44. The second-order valence-electron chi connectivity index (χ2n) is 3.11. The van der Waals surface area contributed by atoms with Gasteiger partial charge in [-0.1, -0.05) is 0 Å². The molecule has 70 valence electrons. The lowest BCUT2D eigenvalue weighted by Crippen LogP contribution is -2.52. The molecule has 13 heavy (non-hydrogen) atoms. The van der Waals surface area contributed by atoms with Gasteiger partial charge < -0.3 is 10.4 Å². The normalized spacial score (nSPS) is 19.1. The van der Waals surface area contributed by atoms with Crippen molar-refractivity contribution >= 4 is 22.6 Å². The lowest BCUT2D eigenvalue weighted by Gasteiger charge is -2.37. The van der Waals surface area contributed by atoms with Gasteiger partial charge in [-0.05, 0) is 19.3 Å². The Morgan fingerprint density at radius 3 is 2.85 bits per heavy atom. The number of carboxylic acid groups (broad SMARTS) is 1. The van der Waals surface area contributed by atoms with E-state index >= 15 is 0 Å². The molecular weight excluding hydrogens is 190 g/mol. The van der Waals surface area contributed by atoms with Crippen LogP contribution in [0.4, 0.5) is 5.13 Å². The average molecular weight is 199 g/mol. The molecule has 0 spiro atoms. The quantitative estimate of drug-likeness (QED) is 0.758. The van der Waals surface area contributed by atoms with Gasteiger partial charge >= 0.3 is 5.97 Å². The van der Waals surface area contributed by atoms with Crippen LogP contribution in [0.15, 0.2) is 6.33 Å². The number of hydrogen-bond acceptors (Lipinski definition) is 5. The van der Waals surface area contributed by atoms with Crippen molar-refractivity contribution in [1.29, 1.82) is 0 Å². The molecule has 2 rings (SSSR count). The van der Waals surface area contributed by atoms with Crippen LogP contribution in [0.3, 0.4) is 0 Å². The summed E-state index contributed by atoms with van der Waals surface area (Å²) in [6, 6.07) is 0. The lowest BCUT2D eigenvalue weighted by atomic mass is 9.77. The topological polar surface area (TPSA) is 75.1 Å². The van der Waals surface area contributed by atoms with E-state index in [1.165, 1.54) is 17.9 Å². The molecule has 1 heterocycles. The maximum absolute atomic E-state index is 10.9. The number of carboxylic acids is 1. The van der Waals surface area contributed by atoms with Crippen LogP contribution in [-0.2, 0) is 4.79 Å². The molecule has 0 atom stereocenters. The Balaban J connectivity index is 2.11. The van der Waals surface area contributed by atoms with E-state index in [4.69, 9.17) is 5.11 Å². The van der Waals surface area contributed by atoms with Gasteiger partial charge in [0.15, 0.2) is 0 Å². The fourth-order valence-corrected chi connectivity index (χ4v) is 1.88. The zero-order chi connectivity index (χ0) is 9.31. The molecule has 5 nitrogen and oxygen atoms in total. The minimum Gasteiger partial charge on any atom is -0.480 e. The number of rotatable bonds is 3. The summed E-state index contributed by atoms with van der Waals surface area (Å²) in [5, 5.41) is 12.5. The monoisotopic (exact) mass is 199 g/mol. The Kier molecular flexibility index (Phi) is 1.91. The molecule has 0 bridgehead atoms. The van der Waals surface area contributed by atoms with E-state index in [0.29, 0.717) is 18.0 Å². The first-order chi connectivity index (χ1) is 6.23. The lowest BCUT2D eigenvalue weighted by molar-refractivity contribution is -0.145. The van der Waals surface area contributed by atoms with E-state index in [1.54, 1.807) is 0 Å². The molecule has 1 aliphatic carbocycles.